The van der Waals surface area contributed by atoms with Crippen LogP contribution in [0.25, 0.3) is 0 Å². The van der Waals surface area contributed by atoms with Crippen LogP contribution in [0.15, 0.2) is 66.9 Å². The third-order valence-corrected chi connectivity index (χ3v) is 5.25. The molecule has 0 aromatic heterocycles. The Kier molecular flexibility index (Phi) is 10.5. The number of carbonyl (C=O) groups excluding carboxylic acids is 2. The number of esters is 1. The third kappa shape index (κ3) is 8.19. The van der Waals surface area contributed by atoms with Crippen LogP contribution < -0.4 is 5.32 Å². The molecule has 3 atom stereocenters. The van der Waals surface area contributed by atoms with E-state index in [4.69, 9.17) is 4.74 Å². The Labute approximate surface area is 190 Å². The van der Waals surface area contributed by atoms with Gasteiger partial charge in [0.2, 0.25) is 5.91 Å². The van der Waals surface area contributed by atoms with Crippen molar-refractivity contribution in [2.24, 2.45) is 5.92 Å². The van der Waals surface area contributed by atoms with Gasteiger partial charge in [-0.3, -0.25) is 4.79 Å². The SMILES string of the molecule is CCC=C/C=C\C(=O)N/C=C/C[C@H]1C[C@@H](O)[C@@H](C)C/C=C/Cc2cccc(O)c2C(=O)O1. The molecule has 1 aliphatic rings. The van der Waals surface area contributed by atoms with Crippen LogP contribution >= 0.6 is 0 Å². The Morgan fingerprint density at radius 3 is 2.84 bits per heavy atom. The van der Waals surface area contributed by atoms with Crippen LogP contribution in [0.3, 0.4) is 0 Å². The van der Waals surface area contributed by atoms with E-state index in [0.717, 1.165) is 6.42 Å². The van der Waals surface area contributed by atoms with Gasteiger partial charge in [0, 0.05) is 25.1 Å². The number of benzene rings is 1. The number of hydrogen-bond donors (Lipinski definition) is 3. The Morgan fingerprint density at radius 2 is 2.06 bits per heavy atom. The van der Waals surface area contributed by atoms with Gasteiger partial charge >= 0.3 is 5.97 Å². The molecule has 1 aromatic carbocycles. The van der Waals surface area contributed by atoms with E-state index >= 15 is 0 Å². The fraction of sp³-hybridized carbons (Fsp3) is 0.385. The van der Waals surface area contributed by atoms with Crippen molar-refractivity contribution in [2.45, 2.75) is 58.2 Å². The average molecular weight is 440 g/mol. The number of allylic oxidation sites excluding steroid dienone is 5. The van der Waals surface area contributed by atoms with Crippen molar-refractivity contribution < 1.29 is 24.5 Å². The van der Waals surface area contributed by atoms with Crippen molar-refractivity contribution in [1.29, 1.82) is 0 Å². The van der Waals surface area contributed by atoms with Gasteiger partial charge in [0.05, 0.1) is 6.10 Å². The van der Waals surface area contributed by atoms with Crippen molar-refractivity contribution in [3.8, 4) is 5.75 Å². The highest BCUT2D eigenvalue weighted by molar-refractivity contribution is 5.94. The standard InChI is InChI=1S/C26H33NO5/c1-3-4-5-6-16-24(30)27-17-10-14-21-18-23(29)19(2)11-7-8-12-20-13-9-15-22(28)25(20)26(31)32-21/h4-10,13,15-17,19,21,23,28-29H,3,11-12,14,18H2,1-2H3,(H,27,30)/b5-4?,8-7+,16-6-,17-10+/t19-,21-,23+/m0/s1. The maximum Gasteiger partial charge on any atom is 0.342 e. The highest BCUT2D eigenvalue weighted by Gasteiger charge is 2.25. The number of amides is 1. The van der Waals surface area contributed by atoms with Crippen molar-refractivity contribution in [3.05, 3.63) is 78.1 Å². The molecule has 0 aliphatic carbocycles. The minimum Gasteiger partial charge on any atom is -0.507 e. The predicted octanol–water partition coefficient (Wildman–Crippen LogP) is 4.35. The van der Waals surface area contributed by atoms with Gasteiger partial charge in [0.25, 0.3) is 0 Å². The third-order valence-electron chi connectivity index (χ3n) is 5.25. The molecule has 1 heterocycles. The van der Waals surface area contributed by atoms with Gasteiger partial charge < -0.3 is 20.3 Å². The zero-order valence-electron chi connectivity index (χ0n) is 18.7. The maximum atomic E-state index is 12.9. The molecule has 3 N–H and O–H groups in total. The Hall–Kier alpha value is -3.12. The lowest BCUT2D eigenvalue weighted by atomic mass is 9.93. The number of cyclic esters (lactones) is 1. The molecule has 0 saturated heterocycles. The number of nitrogens with one attached hydrogen (secondary N) is 1. The summed E-state index contributed by atoms with van der Waals surface area (Å²) in [7, 11) is 0. The molecule has 1 aliphatic heterocycles. The normalized spacial score (nSPS) is 23.5. The summed E-state index contributed by atoms with van der Waals surface area (Å²) in [5.74, 6) is -1.02. The number of ether oxygens (including phenoxy) is 1. The minimum absolute atomic E-state index is 0.000482. The van der Waals surface area contributed by atoms with Gasteiger partial charge in [-0.1, -0.05) is 62.4 Å². The Morgan fingerprint density at radius 1 is 1.25 bits per heavy atom. The molecule has 1 amide bonds. The number of fused-ring (bicyclic) bond motifs is 1. The number of aromatic hydroxyl groups is 1. The summed E-state index contributed by atoms with van der Waals surface area (Å²) >= 11 is 0. The lowest BCUT2D eigenvalue weighted by molar-refractivity contribution is -0.115. The lowest BCUT2D eigenvalue weighted by Crippen LogP contribution is -2.28. The van der Waals surface area contributed by atoms with E-state index < -0.39 is 18.2 Å². The Bertz CT molecular complexity index is 884. The van der Waals surface area contributed by atoms with Gasteiger partial charge in [-0.2, -0.15) is 0 Å². The van der Waals surface area contributed by atoms with E-state index in [1.165, 1.54) is 18.3 Å². The van der Waals surface area contributed by atoms with Gasteiger partial charge in [0.1, 0.15) is 17.4 Å². The summed E-state index contributed by atoms with van der Waals surface area (Å²) in [6.45, 7) is 3.96. The number of phenols is 1. The van der Waals surface area contributed by atoms with Crippen molar-refractivity contribution in [3.63, 3.8) is 0 Å². The van der Waals surface area contributed by atoms with Crippen LogP contribution in [0, 0.1) is 5.92 Å². The summed E-state index contributed by atoms with van der Waals surface area (Å²) in [4.78, 5) is 24.6. The molecule has 0 radical (unpaired) electrons. The first-order chi connectivity index (χ1) is 15.4. The summed E-state index contributed by atoms with van der Waals surface area (Å²) in [6.07, 6.45) is 15.3. The van der Waals surface area contributed by atoms with E-state index in [1.807, 2.05) is 32.1 Å². The van der Waals surface area contributed by atoms with E-state index in [-0.39, 0.29) is 29.6 Å². The summed E-state index contributed by atoms with van der Waals surface area (Å²) in [6, 6.07) is 4.95. The monoisotopic (exact) mass is 439 g/mol. The molecule has 0 saturated carbocycles. The van der Waals surface area contributed by atoms with Crippen LogP contribution in [0.4, 0.5) is 0 Å². The zero-order chi connectivity index (χ0) is 23.3. The largest absolute Gasteiger partial charge is 0.507 e. The molecule has 172 valence electrons. The van der Waals surface area contributed by atoms with E-state index in [1.54, 1.807) is 30.4 Å². The molecule has 1 aromatic rings. The van der Waals surface area contributed by atoms with Crippen LogP contribution in [0.1, 0.15) is 55.5 Å². The molecule has 2 rings (SSSR count). The number of aliphatic hydroxyl groups is 1. The molecule has 0 spiro atoms. The van der Waals surface area contributed by atoms with Gasteiger partial charge in [0.15, 0.2) is 0 Å². The topological polar surface area (TPSA) is 95.9 Å². The minimum atomic E-state index is -0.656. The molecule has 0 unspecified atom stereocenters. The average Bonchev–Trinajstić information content (AvgIpc) is 2.76. The zero-order valence-corrected chi connectivity index (χ0v) is 18.7. The fourth-order valence-corrected chi connectivity index (χ4v) is 3.34. The number of carbonyl (C=O) groups is 2. The highest BCUT2D eigenvalue weighted by atomic mass is 16.5. The predicted molar refractivity (Wildman–Crippen MR) is 125 cm³/mol. The first-order valence-electron chi connectivity index (χ1n) is 11.1. The highest BCUT2D eigenvalue weighted by Crippen LogP contribution is 2.26. The van der Waals surface area contributed by atoms with Crippen molar-refractivity contribution in [2.75, 3.05) is 0 Å². The second-order valence-electron chi connectivity index (χ2n) is 7.87. The first-order valence-corrected chi connectivity index (χ1v) is 11.1. The molecular weight excluding hydrogens is 406 g/mol. The van der Waals surface area contributed by atoms with Gasteiger partial charge in [-0.05, 0) is 36.8 Å². The van der Waals surface area contributed by atoms with Gasteiger partial charge in [-0.25, -0.2) is 4.79 Å². The Balaban J connectivity index is 2.11. The molecule has 6 nitrogen and oxygen atoms in total. The summed E-state index contributed by atoms with van der Waals surface area (Å²) in [5.41, 5.74) is 0.832. The van der Waals surface area contributed by atoms with E-state index in [9.17, 15) is 19.8 Å². The van der Waals surface area contributed by atoms with Crippen LogP contribution in [-0.4, -0.2) is 34.3 Å². The number of phenolic OH excluding ortho intramolecular Hbond substituents is 1. The van der Waals surface area contributed by atoms with Crippen LogP contribution in [-0.2, 0) is 16.0 Å². The van der Waals surface area contributed by atoms with Gasteiger partial charge in [-0.15, -0.1) is 0 Å². The molecule has 6 heteroatoms. The molecule has 0 bridgehead atoms. The van der Waals surface area contributed by atoms with E-state index in [2.05, 4.69) is 5.32 Å². The van der Waals surface area contributed by atoms with Crippen molar-refractivity contribution in [1.82, 2.24) is 5.32 Å². The molecule has 32 heavy (non-hydrogen) atoms. The maximum absolute atomic E-state index is 12.9. The first kappa shape index (κ1) is 25.1. The smallest absolute Gasteiger partial charge is 0.342 e. The second kappa shape index (κ2) is 13.3. The lowest BCUT2D eigenvalue weighted by Gasteiger charge is -2.24. The quantitative estimate of drug-likeness (QED) is 0.265. The van der Waals surface area contributed by atoms with Crippen LogP contribution in [0.2, 0.25) is 0 Å². The number of rotatable bonds is 6. The molecular formula is C26H33NO5. The van der Waals surface area contributed by atoms with Crippen LogP contribution in [0.5, 0.6) is 5.75 Å². The number of aliphatic hydroxyl groups excluding tert-OH is 1. The molecule has 0 fully saturated rings. The number of hydrogen-bond acceptors (Lipinski definition) is 5. The second-order valence-corrected chi connectivity index (χ2v) is 7.87. The van der Waals surface area contributed by atoms with E-state index in [0.29, 0.717) is 24.8 Å². The summed E-state index contributed by atoms with van der Waals surface area (Å²) in [5, 5.41) is 23.4. The summed E-state index contributed by atoms with van der Waals surface area (Å²) < 4.78 is 5.68. The fourth-order valence-electron chi connectivity index (χ4n) is 3.34. The van der Waals surface area contributed by atoms with Crippen molar-refractivity contribution >= 4 is 11.9 Å².